The fourth-order valence-corrected chi connectivity index (χ4v) is 2.51. The molecule has 0 aromatic heterocycles. The average Bonchev–Trinajstić information content (AvgIpc) is 2.53. The molecule has 0 aliphatic rings. The van der Waals surface area contributed by atoms with Gasteiger partial charge in [-0.05, 0) is 56.0 Å². The van der Waals surface area contributed by atoms with Crippen LogP contribution in [0.5, 0.6) is 0 Å². The van der Waals surface area contributed by atoms with E-state index in [1.54, 1.807) is 11.9 Å². The molecule has 0 bridgehead atoms. The minimum atomic E-state index is -0.509. The van der Waals surface area contributed by atoms with E-state index in [0.29, 0.717) is 12.1 Å². The van der Waals surface area contributed by atoms with E-state index in [-0.39, 0.29) is 6.09 Å². The van der Waals surface area contributed by atoms with Crippen LogP contribution in [0.1, 0.15) is 42.3 Å². The van der Waals surface area contributed by atoms with Crippen molar-refractivity contribution in [2.24, 2.45) is 0 Å². The summed E-state index contributed by atoms with van der Waals surface area (Å²) in [6.07, 6.45) is 0.523. The average molecular weight is 339 g/mol. The number of aldehydes is 1. The highest BCUT2D eigenvalue weighted by atomic mass is 16.6. The first-order valence-corrected chi connectivity index (χ1v) is 8.29. The minimum Gasteiger partial charge on any atom is -0.444 e. The van der Waals surface area contributed by atoms with Crippen LogP contribution in [-0.2, 0) is 11.3 Å². The van der Waals surface area contributed by atoms with Gasteiger partial charge in [0.15, 0.2) is 0 Å². The van der Waals surface area contributed by atoms with Gasteiger partial charge in [-0.3, -0.25) is 4.79 Å². The Morgan fingerprint density at radius 3 is 2.40 bits per heavy atom. The van der Waals surface area contributed by atoms with Crippen LogP contribution in [0.3, 0.4) is 0 Å². The molecule has 2 aromatic carbocycles. The van der Waals surface area contributed by atoms with Crippen LogP contribution in [0.4, 0.5) is 4.79 Å². The Kier molecular flexibility index (Phi) is 5.62. The van der Waals surface area contributed by atoms with Crippen molar-refractivity contribution in [2.45, 2.75) is 39.8 Å². The number of ether oxygens (including phenoxy) is 1. The zero-order valence-electron chi connectivity index (χ0n) is 15.5. The summed E-state index contributed by atoms with van der Waals surface area (Å²) in [4.78, 5) is 24.6. The Labute approximate surface area is 149 Å². The second kappa shape index (κ2) is 7.51. The van der Waals surface area contributed by atoms with Gasteiger partial charge in [-0.25, -0.2) is 4.79 Å². The van der Waals surface area contributed by atoms with Gasteiger partial charge in [0.1, 0.15) is 11.9 Å². The van der Waals surface area contributed by atoms with Gasteiger partial charge in [0.05, 0.1) is 0 Å². The lowest BCUT2D eigenvalue weighted by Crippen LogP contribution is -2.33. The smallest absolute Gasteiger partial charge is 0.410 e. The second-order valence-electron chi connectivity index (χ2n) is 7.23. The molecular formula is C21H25NO3. The van der Waals surface area contributed by atoms with Gasteiger partial charge in [-0.2, -0.15) is 0 Å². The summed E-state index contributed by atoms with van der Waals surface area (Å²) in [7, 11) is 1.73. The van der Waals surface area contributed by atoms with Crippen LogP contribution < -0.4 is 0 Å². The van der Waals surface area contributed by atoms with E-state index in [1.165, 1.54) is 0 Å². The molecule has 0 aliphatic carbocycles. The topological polar surface area (TPSA) is 46.6 Å². The van der Waals surface area contributed by atoms with E-state index in [2.05, 4.69) is 6.07 Å². The standard InChI is InChI=1S/C21H25NO3/c1-15-11-18(9-10-19(15)14-23)17-8-6-7-16(12-17)13-22(5)20(24)25-21(2,3)4/h6-12,14H,13H2,1-5H3. The van der Waals surface area contributed by atoms with Crippen LogP contribution in [0.25, 0.3) is 11.1 Å². The molecule has 1 amide bonds. The van der Waals surface area contributed by atoms with E-state index >= 15 is 0 Å². The number of benzene rings is 2. The Hall–Kier alpha value is -2.62. The second-order valence-corrected chi connectivity index (χ2v) is 7.23. The van der Waals surface area contributed by atoms with E-state index in [1.807, 2.05) is 64.1 Å². The summed E-state index contributed by atoms with van der Waals surface area (Å²) in [5.41, 5.74) is 4.25. The number of nitrogens with zero attached hydrogens (tertiary/aromatic N) is 1. The quantitative estimate of drug-likeness (QED) is 0.749. The van der Waals surface area contributed by atoms with Crippen LogP contribution >= 0.6 is 0 Å². The molecule has 0 unspecified atom stereocenters. The van der Waals surface area contributed by atoms with Crippen molar-refractivity contribution < 1.29 is 14.3 Å². The first-order chi connectivity index (χ1) is 11.7. The third kappa shape index (κ3) is 5.18. The molecule has 2 aromatic rings. The number of hydrogen-bond acceptors (Lipinski definition) is 3. The predicted octanol–water partition coefficient (Wildman–Crippen LogP) is 4.84. The zero-order valence-corrected chi connectivity index (χ0v) is 15.5. The highest BCUT2D eigenvalue weighted by Crippen LogP contribution is 2.23. The highest BCUT2D eigenvalue weighted by Gasteiger charge is 2.19. The monoisotopic (exact) mass is 339 g/mol. The molecule has 0 radical (unpaired) electrons. The van der Waals surface area contributed by atoms with Crippen molar-refractivity contribution in [3.8, 4) is 11.1 Å². The number of hydrogen-bond donors (Lipinski definition) is 0. The van der Waals surface area contributed by atoms with Crippen molar-refractivity contribution in [2.75, 3.05) is 7.05 Å². The summed E-state index contributed by atoms with van der Waals surface area (Å²) in [6, 6.07) is 13.8. The van der Waals surface area contributed by atoms with Crippen LogP contribution in [-0.4, -0.2) is 29.9 Å². The maximum absolute atomic E-state index is 12.1. The van der Waals surface area contributed by atoms with Crippen molar-refractivity contribution in [1.29, 1.82) is 0 Å². The highest BCUT2D eigenvalue weighted by molar-refractivity contribution is 5.79. The molecule has 0 atom stereocenters. The summed E-state index contributed by atoms with van der Waals surface area (Å²) in [5.74, 6) is 0. The zero-order chi connectivity index (χ0) is 18.6. The lowest BCUT2D eigenvalue weighted by Gasteiger charge is -2.24. The van der Waals surface area contributed by atoms with Crippen molar-refractivity contribution in [3.63, 3.8) is 0 Å². The summed E-state index contributed by atoms with van der Waals surface area (Å²) >= 11 is 0. The van der Waals surface area contributed by atoms with Gasteiger partial charge in [0, 0.05) is 19.2 Å². The summed E-state index contributed by atoms with van der Waals surface area (Å²) < 4.78 is 5.38. The SMILES string of the molecule is Cc1cc(-c2cccc(CN(C)C(=O)OC(C)(C)C)c2)ccc1C=O. The first-order valence-electron chi connectivity index (χ1n) is 8.29. The lowest BCUT2D eigenvalue weighted by atomic mass is 9.99. The Balaban J connectivity index is 2.17. The normalized spacial score (nSPS) is 11.1. The Bertz CT molecular complexity index is 775. The van der Waals surface area contributed by atoms with E-state index in [9.17, 15) is 9.59 Å². The van der Waals surface area contributed by atoms with E-state index in [0.717, 1.165) is 28.5 Å². The molecule has 25 heavy (non-hydrogen) atoms. The number of amides is 1. The lowest BCUT2D eigenvalue weighted by molar-refractivity contribution is 0.0285. The summed E-state index contributed by atoms with van der Waals surface area (Å²) in [5, 5.41) is 0. The molecule has 0 saturated heterocycles. The van der Waals surface area contributed by atoms with Crippen molar-refractivity contribution >= 4 is 12.4 Å². The van der Waals surface area contributed by atoms with Crippen LogP contribution in [0.2, 0.25) is 0 Å². The first kappa shape index (κ1) is 18.7. The molecule has 0 fully saturated rings. The Morgan fingerprint density at radius 2 is 1.80 bits per heavy atom. The fraction of sp³-hybridized carbons (Fsp3) is 0.333. The molecule has 0 saturated carbocycles. The Morgan fingerprint density at radius 1 is 1.12 bits per heavy atom. The molecule has 2 rings (SSSR count). The van der Waals surface area contributed by atoms with Gasteiger partial charge in [-0.15, -0.1) is 0 Å². The van der Waals surface area contributed by atoms with Crippen molar-refractivity contribution in [1.82, 2.24) is 4.90 Å². The number of carbonyl (C=O) groups excluding carboxylic acids is 2. The minimum absolute atomic E-state index is 0.343. The van der Waals surface area contributed by atoms with Crippen LogP contribution in [0.15, 0.2) is 42.5 Å². The van der Waals surface area contributed by atoms with Gasteiger partial charge in [0.2, 0.25) is 0 Å². The molecule has 0 N–H and O–H groups in total. The molecule has 4 heteroatoms. The molecule has 132 valence electrons. The molecule has 4 nitrogen and oxygen atoms in total. The van der Waals surface area contributed by atoms with Crippen LogP contribution in [0, 0.1) is 6.92 Å². The largest absolute Gasteiger partial charge is 0.444 e. The van der Waals surface area contributed by atoms with Gasteiger partial charge in [-0.1, -0.05) is 36.4 Å². The van der Waals surface area contributed by atoms with Crippen molar-refractivity contribution in [3.05, 3.63) is 59.2 Å². The molecule has 0 heterocycles. The molecular weight excluding hydrogens is 314 g/mol. The summed E-state index contributed by atoms with van der Waals surface area (Å²) in [6.45, 7) is 7.95. The van der Waals surface area contributed by atoms with E-state index in [4.69, 9.17) is 4.74 Å². The number of aryl methyl sites for hydroxylation is 1. The van der Waals surface area contributed by atoms with Gasteiger partial charge < -0.3 is 9.64 Å². The number of rotatable bonds is 4. The number of carbonyl (C=O) groups is 2. The maximum Gasteiger partial charge on any atom is 0.410 e. The molecule has 0 aliphatic heterocycles. The maximum atomic E-state index is 12.1. The third-order valence-corrected chi connectivity index (χ3v) is 3.78. The van der Waals surface area contributed by atoms with Gasteiger partial charge in [0.25, 0.3) is 0 Å². The van der Waals surface area contributed by atoms with E-state index < -0.39 is 5.60 Å². The van der Waals surface area contributed by atoms with Gasteiger partial charge >= 0.3 is 6.09 Å². The third-order valence-electron chi connectivity index (χ3n) is 3.78. The fourth-order valence-electron chi connectivity index (χ4n) is 2.51. The molecule has 0 spiro atoms. The predicted molar refractivity (Wildman–Crippen MR) is 99.7 cm³/mol.